The normalized spacial score (nSPS) is 15.2. The largest absolute Gasteiger partial charge is 0.383 e. The highest BCUT2D eigenvalue weighted by molar-refractivity contribution is 7.89. The van der Waals surface area contributed by atoms with Crippen LogP contribution in [0.2, 0.25) is 0 Å². The lowest BCUT2D eigenvalue weighted by atomic mass is 10.2. The highest BCUT2D eigenvalue weighted by atomic mass is 32.2. The van der Waals surface area contributed by atoms with E-state index in [1.54, 1.807) is 0 Å². The number of piperidine rings is 1. The lowest BCUT2D eigenvalue weighted by molar-refractivity contribution is 0.0975. The Balaban J connectivity index is 1.70. The van der Waals surface area contributed by atoms with Crippen LogP contribution in [0.25, 0.3) is 10.2 Å². The van der Waals surface area contributed by atoms with Gasteiger partial charge in [0.2, 0.25) is 10.0 Å². The first kappa shape index (κ1) is 22.8. The lowest BCUT2D eigenvalue weighted by Crippen LogP contribution is -2.37. The van der Waals surface area contributed by atoms with Gasteiger partial charge in [-0.25, -0.2) is 17.8 Å². The van der Waals surface area contributed by atoms with Crippen molar-refractivity contribution in [3.8, 4) is 0 Å². The van der Waals surface area contributed by atoms with Gasteiger partial charge in [0.25, 0.3) is 5.91 Å². The van der Waals surface area contributed by atoms with Crippen molar-refractivity contribution in [2.75, 3.05) is 38.3 Å². The van der Waals surface area contributed by atoms with E-state index in [1.165, 1.54) is 33.7 Å². The Hall–Kier alpha value is -2.40. The third kappa shape index (κ3) is 4.54. The van der Waals surface area contributed by atoms with Crippen LogP contribution in [-0.4, -0.2) is 57.0 Å². The summed E-state index contributed by atoms with van der Waals surface area (Å²) in [5.74, 6) is -1.33. The van der Waals surface area contributed by atoms with Crippen molar-refractivity contribution in [3.63, 3.8) is 0 Å². The number of aromatic nitrogens is 1. The average molecular weight is 478 g/mol. The topological polar surface area (TPSA) is 79.8 Å². The number of fused-ring (bicyclic) bond motifs is 1. The van der Waals surface area contributed by atoms with Crippen LogP contribution < -0.4 is 4.90 Å². The Labute approximate surface area is 190 Å². The minimum absolute atomic E-state index is 0.0809. The molecule has 32 heavy (non-hydrogen) atoms. The molecule has 0 bridgehead atoms. The Morgan fingerprint density at radius 3 is 2.66 bits per heavy atom. The quantitative estimate of drug-likeness (QED) is 0.516. The van der Waals surface area contributed by atoms with E-state index >= 15 is 0 Å². The molecule has 0 saturated carbocycles. The minimum atomic E-state index is -4.03. The summed E-state index contributed by atoms with van der Waals surface area (Å²) >= 11 is 1.35. The third-order valence-corrected chi connectivity index (χ3v) is 8.36. The summed E-state index contributed by atoms with van der Waals surface area (Å²) < 4.78 is 48.0. The number of benzene rings is 2. The second-order valence-corrected chi connectivity index (χ2v) is 10.4. The van der Waals surface area contributed by atoms with E-state index in [-0.39, 0.29) is 18.7 Å². The Kier molecular flexibility index (Phi) is 6.85. The molecule has 1 fully saturated rings. The van der Waals surface area contributed by atoms with Crippen LogP contribution in [0.4, 0.5) is 9.52 Å². The second kappa shape index (κ2) is 9.62. The molecule has 1 saturated heterocycles. The number of thiazole rings is 1. The summed E-state index contributed by atoms with van der Waals surface area (Å²) in [6.45, 7) is 1.19. The highest BCUT2D eigenvalue weighted by Crippen LogP contribution is 2.30. The fourth-order valence-corrected chi connectivity index (χ4v) is 6.27. The van der Waals surface area contributed by atoms with Gasteiger partial charge >= 0.3 is 0 Å². The molecule has 2 heterocycles. The number of hydrogen-bond donors (Lipinski definition) is 0. The molecule has 4 rings (SSSR count). The van der Waals surface area contributed by atoms with Gasteiger partial charge in [-0.3, -0.25) is 9.69 Å². The first-order valence-electron chi connectivity index (χ1n) is 10.4. The molecule has 0 atom stereocenters. The molecule has 1 aromatic heterocycles. The SMILES string of the molecule is COCCN(C(=O)c1ccc(F)c(S(=O)(=O)N2CCCCC2)c1)c1nc2ccccc2s1. The van der Waals surface area contributed by atoms with Crippen molar-refractivity contribution >= 4 is 42.6 Å². The van der Waals surface area contributed by atoms with Gasteiger partial charge in [0.15, 0.2) is 5.13 Å². The summed E-state index contributed by atoms with van der Waals surface area (Å²) in [6, 6.07) is 11.0. The molecule has 0 unspecified atom stereocenters. The standard InChI is InChI=1S/C22H24FN3O4S2/c1-30-14-13-26(22-24-18-7-3-4-8-19(18)31-22)21(27)16-9-10-17(23)20(15-16)32(28,29)25-11-5-2-6-12-25/h3-4,7-10,15H,2,5-6,11-14H2,1H3. The smallest absolute Gasteiger partial charge is 0.260 e. The first-order valence-corrected chi connectivity index (χ1v) is 12.6. The number of anilines is 1. The molecule has 1 aliphatic heterocycles. The van der Waals surface area contributed by atoms with Crippen LogP contribution in [0.1, 0.15) is 29.6 Å². The van der Waals surface area contributed by atoms with Crippen molar-refractivity contribution in [3.05, 3.63) is 53.8 Å². The summed E-state index contributed by atoms with van der Waals surface area (Å²) in [7, 11) is -2.50. The highest BCUT2D eigenvalue weighted by Gasteiger charge is 2.30. The van der Waals surface area contributed by atoms with Crippen LogP contribution in [0, 0.1) is 5.82 Å². The molecule has 3 aromatic rings. The van der Waals surface area contributed by atoms with E-state index in [4.69, 9.17) is 4.74 Å². The number of carbonyl (C=O) groups excluding carboxylic acids is 1. The predicted molar refractivity (Wildman–Crippen MR) is 122 cm³/mol. The molecule has 0 aliphatic carbocycles. The predicted octanol–water partition coefficient (Wildman–Crippen LogP) is 3.90. The molecule has 2 aromatic carbocycles. The van der Waals surface area contributed by atoms with Gasteiger partial charge in [-0.1, -0.05) is 29.9 Å². The Bertz CT molecular complexity index is 1190. The molecule has 1 amide bonds. The second-order valence-electron chi connectivity index (χ2n) is 7.52. The van der Waals surface area contributed by atoms with Gasteiger partial charge in [-0.05, 0) is 43.2 Å². The van der Waals surface area contributed by atoms with Gasteiger partial charge in [-0.15, -0.1) is 0 Å². The number of halogens is 1. The number of rotatable bonds is 7. The van der Waals surface area contributed by atoms with Crippen molar-refractivity contribution in [2.45, 2.75) is 24.2 Å². The van der Waals surface area contributed by atoms with Gasteiger partial charge in [-0.2, -0.15) is 4.31 Å². The first-order chi connectivity index (χ1) is 15.4. The lowest BCUT2D eigenvalue weighted by Gasteiger charge is -2.26. The zero-order valence-electron chi connectivity index (χ0n) is 17.7. The van der Waals surface area contributed by atoms with E-state index in [0.717, 1.165) is 41.6 Å². The van der Waals surface area contributed by atoms with Crippen LogP contribution in [0.5, 0.6) is 0 Å². The number of sulfonamides is 1. The van der Waals surface area contributed by atoms with Gasteiger partial charge in [0.05, 0.1) is 23.4 Å². The molecular weight excluding hydrogens is 453 g/mol. The molecule has 170 valence electrons. The van der Waals surface area contributed by atoms with Crippen molar-refractivity contribution < 1.29 is 22.3 Å². The van der Waals surface area contributed by atoms with Gasteiger partial charge in [0, 0.05) is 25.8 Å². The monoisotopic (exact) mass is 477 g/mol. The van der Waals surface area contributed by atoms with Crippen molar-refractivity contribution in [1.82, 2.24) is 9.29 Å². The number of ether oxygens (including phenoxy) is 1. The van der Waals surface area contributed by atoms with E-state index in [9.17, 15) is 17.6 Å². The van der Waals surface area contributed by atoms with Crippen molar-refractivity contribution in [2.24, 2.45) is 0 Å². The van der Waals surface area contributed by atoms with Crippen molar-refractivity contribution in [1.29, 1.82) is 0 Å². The maximum Gasteiger partial charge on any atom is 0.260 e. The minimum Gasteiger partial charge on any atom is -0.383 e. The third-order valence-electron chi connectivity index (χ3n) is 5.39. The zero-order chi connectivity index (χ0) is 22.7. The molecule has 0 radical (unpaired) electrons. The van der Waals surface area contributed by atoms with Gasteiger partial charge < -0.3 is 4.74 Å². The van der Waals surface area contributed by atoms with E-state index in [2.05, 4.69) is 4.98 Å². The molecule has 0 N–H and O–H groups in total. The molecule has 7 nitrogen and oxygen atoms in total. The van der Waals surface area contributed by atoms with Gasteiger partial charge in [0.1, 0.15) is 10.7 Å². The number of amides is 1. The molecule has 1 aliphatic rings. The molecular formula is C22H24FN3O4S2. The number of hydrogen-bond acceptors (Lipinski definition) is 6. The number of carbonyl (C=O) groups is 1. The Morgan fingerprint density at radius 1 is 1.19 bits per heavy atom. The summed E-state index contributed by atoms with van der Waals surface area (Å²) in [5, 5.41) is 0.470. The molecule has 10 heteroatoms. The van der Waals surface area contributed by atoms with E-state index < -0.39 is 26.6 Å². The van der Waals surface area contributed by atoms with Crippen LogP contribution >= 0.6 is 11.3 Å². The summed E-state index contributed by atoms with van der Waals surface area (Å²) in [5.41, 5.74) is 0.840. The molecule has 0 spiro atoms. The zero-order valence-corrected chi connectivity index (χ0v) is 19.3. The number of methoxy groups -OCH3 is 1. The van der Waals surface area contributed by atoms with Crippen LogP contribution in [0.15, 0.2) is 47.4 Å². The maximum absolute atomic E-state index is 14.6. The summed E-state index contributed by atoms with van der Waals surface area (Å²) in [4.78, 5) is 18.9. The average Bonchev–Trinajstić information content (AvgIpc) is 3.24. The van der Waals surface area contributed by atoms with Crippen LogP contribution in [0.3, 0.4) is 0 Å². The fourth-order valence-electron chi connectivity index (χ4n) is 3.68. The fraction of sp³-hybridized carbons (Fsp3) is 0.364. The maximum atomic E-state index is 14.6. The number of para-hydroxylation sites is 1. The van der Waals surface area contributed by atoms with E-state index in [1.807, 2.05) is 24.3 Å². The number of nitrogens with zero attached hydrogens (tertiary/aromatic N) is 3. The van der Waals surface area contributed by atoms with E-state index in [0.29, 0.717) is 18.2 Å². The Morgan fingerprint density at radius 2 is 1.94 bits per heavy atom. The van der Waals surface area contributed by atoms with Crippen LogP contribution in [-0.2, 0) is 14.8 Å². The summed E-state index contributed by atoms with van der Waals surface area (Å²) in [6.07, 6.45) is 2.42.